The van der Waals surface area contributed by atoms with E-state index in [1.807, 2.05) is 18.5 Å². The smallest absolute Gasteiger partial charge is 0.0801 e. The molecule has 0 bridgehead atoms. The minimum absolute atomic E-state index is 0. The number of nitrogens with zero attached hydrogens (tertiary/aromatic N) is 1. The summed E-state index contributed by atoms with van der Waals surface area (Å²) in [5, 5.41) is 0. The molecular formula is C6H9NS2. The molecule has 1 aromatic heterocycles. The fourth-order valence-corrected chi connectivity index (χ4v) is 1.15. The van der Waals surface area contributed by atoms with Crippen LogP contribution in [0.15, 0.2) is 12.1 Å². The van der Waals surface area contributed by atoms with Gasteiger partial charge in [0.15, 0.2) is 0 Å². The van der Waals surface area contributed by atoms with E-state index in [0.29, 0.717) is 0 Å². The lowest BCUT2D eigenvalue weighted by Crippen LogP contribution is -1.69. The molecule has 0 fully saturated rings. The van der Waals surface area contributed by atoms with Crippen molar-refractivity contribution < 1.29 is 0 Å². The minimum Gasteiger partial charge on any atom is -0.249 e. The molecule has 0 atom stereocenters. The molecule has 9 heavy (non-hydrogen) atoms. The van der Waals surface area contributed by atoms with Gasteiger partial charge >= 0.3 is 0 Å². The summed E-state index contributed by atoms with van der Waals surface area (Å²) in [5.41, 5.74) is 2.90. The summed E-state index contributed by atoms with van der Waals surface area (Å²) in [5.74, 6) is 0. The lowest BCUT2D eigenvalue weighted by Gasteiger charge is -1.80. The van der Waals surface area contributed by atoms with Crippen LogP contribution in [0.25, 0.3) is 6.08 Å². The molecule has 0 aliphatic heterocycles. The molecule has 0 spiro atoms. The highest BCUT2D eigenvalue weighted by Gasteiger charge is 1.91. The Kier molecular flexibility index (Phi) is 3.58. The Bertz CT molecular complexity index is 193. The van der Waals surface area contributed by atoms with Gasteiger partial charge in [-0.05, 0) is 6.92 Å². The number of hydrogen-bond acceptors (Lipinski definition) is 2. The van der Waals surface area contributed by atoms with Gasteiger partial charge in [0.1, 0.15) is 0 Å². The number of aryl methyl sites for hydroxylation is 1. The van der Waals surface area contributed by atoms with Crippen molar-refractivity contribution in [3.8, 4) is 0 Å². The zero-order valence-electron chi connectivity index (χ0n) is 5.22. The average Bonchev–Trinajstić information content (AvgIpc) is 2.14. The Morgan fingerprint density at radius 1 is 1.78 bits per heavy atom. The first-order valence-electron chi connectivity index (χ1n) is 2.37. The molecule has 0 aliphatic carbocycles. The maximum absolute atomic E-state index is 4.03. The highest BCUT2D eigenvalue weighted by molar-refractivity contribution is 7.59. The van der Waals surface area contributed by atoms with E-state index in [-0.39, 0.29) is 13.5 Å². The van der Waals surface area contributed by atoms with Crippen LogP contribution in [0.4, 0.5) is 0 Å². The molecule has 0 saturated heterocycles. The van der Waals surface area contributed by atoms with Crippen molar-refractivity contribution >= 4 is 30.9 Å². The zero-order valence-corrected chi connectivity index (χ0v) is 7.03. The van der Waals surface area contributed by atoms with Gasteiger partial charge in [-0.15, -0.1) is 11.3 Å². The van der Waals surface area contributed by atoms with E-state index in [9.17, 15) is 0 Å². The Labute approximate surface area is 65.9 Å². The van der Waals surface area contributed by atoms with Crippen LogP contribution in [0, 0.1) is 6.92 Å². The van der Waals surface area contributed by atoms with Crippen molar-refractivity contribution in [1.29, 1.82) is 0 Å². The summed E-state index contributed by atoms with van der Waals surface area (Å²) in [7, 11) is 0. The summed E-state index contributed by atoms with van der Waals surface area (Å²) in [6, 6.07) is 0. The maximum atomic E-state index is 4.03. The van der Waals surface area contributed by atoms with Crippen LogP contribution >= 0.6 is 24.8 Å². The number of hydrogen-bond donors (Lipinski definition) is 0. The molecule has 1 heterocycles. The SMILES string of the molecule is C=Cc1scnc1C.S. The standard InChI is InChI=1S/C6H7NS.H2S/c1-3-6-5(2)7-4-8-6;/h3-4H,1H2,2H3;1H2. The molecule has 1 rings (SSSR count). The van der Waals surface area contributed by atoms with Gasteiger partial charge < -0.3 is 0 Å². The largest absolute Gasteiger partial charge is 0.249 e. The summed E-state index contributed by atoms with van der Waals surface area (Å²) in [6.45, 7) is 5.61. The monoisotopic (exact) mass is 159 g/mol. The van der Waals surface area contributed by atoms with E-state index in [1.165, 1.54) is 4.88 Å². The minimum atomic E-state index is 0. The molecule has 1 aromatic rings. The number of thiazole rings is 1. The van der Waals surface area contributed by atoms with E-state index in [1.54, 1.807) is 11.3 Å². The normalized spacial score (nSPS) is 8.11. The lowest BCUT2D eigenvalue weighted by atomic mass is 10.4. The van der Waals surface area contributed by atoms with Crippen LogP contribution in [0.1, 0.15) is 10.6 Å². The van der Waals surface area contributed by atoms with Crippen molar-refractivity contribution in [2.45, 2.75) is 6.92 Å². The third-order valence-corrected chi connectivity index (χ3v) is 1.89. The fraction of sp³-hybridized carbons (Fsp3) is 0.167. The van der Waals surface area contributed by atoms with Gasteiger partial charge in [-0.25, -0.2) is 4.98 Å². The van der Waals surface area contributed by atoms with Crippen LogP contribution in [0.2, 0.25) is 0 Å². The predicted molar refractivity (Wildman–Crippen MR) is 47.3 cm³/mol. The molecule has 0 radical (unpaired) electrons. The van der Waals surface area contributed by atoms with Crippen molar-refractivity contribution in [3.63, 3.8) is 0 Å². The molecule has 0 amide bonds. The van der Waals surface area contributed by atoms with Crippen molar-refractivity contribution in [3.05, 3.63) is 22.7 Å². The van der Waals surface area contributed by atoms with Crippen LogP contribution in [0.5, 0.6) is 0 Å². The van der Waals surface area contributed by atoms with Crippen molar-refractivity contribution in [1.82, 2.24) is 4.98 Å². The Hall–Kier alpha value is -0.280. The van der Waals surface area contributed by atoms with Crippen LogP contribution < -0.4 is 0 Å². The molecule has 0 saturated carbocycles. The first-order chi connectivity index (χ1) is 3.84. The van der Waals surface area contributed by atoms with Gasteiger partial charge in [-0.1, -0.05) is 12.7 Å². The maximum Gasteiger partial charge on any atom is 0.0801 e. The second-order valence-corrected chi connectivity index (χ2v) is 2.39. The summed E-state index contributed by atoms with van der Waals surface area (Å²) >= 11 is 1.62. The van der Waals surface area contributed by atoms with Gasteiger partial charge in [-0.3, -0.25) is 0 Å². The first-order valence-corrected chi connectivity index (χ1v) is 3.25. The lowest BCUT2D eigenvalue weighted by molar-refractivity contribution is 1.26. The van der Waals surface area contributed by atoms with E-state index in [2.05, 4.69) is 11.6 Å². The topological polar surface area (TPSA) is 12.9 Å². The predicted octanol–water partition coefficient (Wildman–Crippen LogP) is 2.21. The Balaban J connectivity index is 0.000000640. The van der Waals surface area contributed by atoms with Crippen LogP contribution in [-0.2, 0) is 0 Å². The summed E-state index contributed by atoms with van der Waals surface area (Å²) < 4.78 is 0. The van der Waals surface area contributed by atoms with Gasteiger partial charge in [0.2, 0.25) is 0 Å². The van der Waals surface area contributed by atoms with E-state index >= 15 is 0 Å². The van der Waals surface area contributed by atoms with Crippen molar-refractivity contribution in [2.75, 3.05) is 0 Å². The molecule has 0 N–H and O–H groups in total. The molecule has 0 aromatic carbocycles. The third-order valence-electron chi connectivity index (χ3n) is 0.968. The molecule has 3 heteroatoms. The quantitative estimate of drug-likeness (QED) is 0.612. The molecule has 0 unspecified atom stereocenters. The second-order valence-electron chi connectivity index (χ2n) is 1.51. The second kappa shape index (κ2) is 3.69. The van der Waals surface area contributed by atoms with Crippen LogP contribution in [-0.4, -0.2) is 4.98 Å². The van der Waals surface area contributed by atoms with E-state index in [4.69, 9.17) is 0 Å². The highest BCUT2D eigenvalue weighted by Crippen LogP contribution is 2.11. The molecular weight excluding hydrogens is 150 g/mol. The molecule has 1 nitrogen and oxygen atoms in total. The average molecular weight is 159 g/mol. The van der Waals surface area contributed by atoms with E-state index < -0.39 is 0 Å². The first kappa shape index (κ1) is 8.72. The molecule has 0 aliphatic rings. The van der Waals surface area contributed by atoms with Crippen molar-refractivity contribution in [2.24, 2.45) is 0 Å². The van der Waals surface area contributed by atoms with Gasteiger partial charge in [0, 0.05) is 4.88 Å². The Morgan fingerprint density at radius 2 is 2.44 bits per heavy atom. The van der Waals surface area contributed by atoms with Crippen LogP contribution in [0.3, 0.4) is 0 Å². The Morgan fingerprint density at radius 3 is 2.67 bits per heavy atom. The summed E-state index contributed by atoms with van der Waals surface area (Å²) in [6.07, 6.45) is 1.83. The van der Waals surface area contributed by atoms with Gasteiger partial charge in [-0.2, -0.15) is 13.5 Å². The number of rotatable bonds is 1. The van der Waals surface area contributed by atoms with Gasteiger partial charge in [0.05, 0.1) is 11.2 Å². The fourth-order valence-electron chi connectivity index (χ4n) is 0.507. The third kappa shape index (κ3) is 1.84. The zero-order chi connectivity index (χ0) is 5.98. The van der Waals surface area contributed by atoms with Gasteiger partial charge in [0.25, 0.3) is 0 Å². The summed E-state index contributed by atoms with van der Waals surface area (Å²) in [4.78, 5) is 5.21. The molecule has 50 valence electrons. The number of aromatic nitrogens is 1. The van der Waals surface area contributed by atoms with E-state index in [0.717, 1.165) is 5.69 Å². The highest BCUT2D eigenvalue weighted by atomic mass is 32.1.